The molecule has 112 valence electrons. The average Bonchev–Trinajstić information content (AvgIpc) is 3.18. The molecule has 0 atom stereocenters. The van der Waals surface area contributed by atoms with Gasteiger partial charge in [-0.2, -0.15) is 0 Å². The Hall–Kier alpha value is -1.32. The average molecular weight is 276 g/mol. The van der Waals surface area contributed by atoms with Crippen LogP contribution in [-0.2, 0) is 0 Å². The smallest absolute Gasteiger partial charge is 0.135 e. The molecule has 0 radical (unpaired) electrons. The molecule has 0 amide bonds. The first kappa shape index (κ1) is 15.1. The van der Waals surface area contributed by atoms with Gasteiger partial charge in [0.15, 0.2) is 0 Å². The number of nitrogens with one attached hydrogen (secondary N) is 2. The van der Waals surface area contributed by atoms with Crippen molar-refractivity contribution in [2.24, 2.45) is 11.3 Å². The summed E-state index contributed by atoms with van der Waals surface area (Å²) in [6.07, 6.45) is 2.66. The van der Waals surface area contributed by atoms with Gasteiger partial charge in [-0.25, -0.2) is 9.97 Å². The predicted octanol–water partition coefficient (Wildman–Crippen LogP) is 3.80. The number of aromatic nitrogens is 2. The van der Waals surface area contributed by atoms with Crippen molar-refractivity contribution in [3.63, 3.8) is 0 Å². The molecule has 2 N–H and O–H groups in total. The molecule has 0 aromatic carbocycles. The molecule has 4 heteroatoms. The summed E-state index contributed by atoms with van der Waals surface area (Å²) in [5, 5.41) is 6.75. The Labute approximate surface area is 122 Å². The molecule has 1 aromatic rings. The maximum absolute atomic E-state index is 4.71. The van der Waals surface area contributed by atoms with Crippen LogP contribution in [0, 0.1) is 18.3 Å². The Bertz CT molecular complexity index is 476. The number of anilines is 2. The van der Waals surface area contributed by atoms with E-state index < -0.39 is 0 Å². The van der Waals surface area contributed by atoms with E-state index >= 15 is 0 Å². The lowest BCUT2D eigenvalue weighted by atomic mass is 9.92. The highest BCUT2D eigenvalue weighted by Gasteiger charge is 2.45. The summed E-state index contributed by atoms with van der Waals surface area (Å²) >= 11 is 0. The highest BCUT2D eigenvalue weighted by Crippen LogP contribution is 2.51. The summed E-state index contributed by atoms with van der Waals surface area (Å²) in [5.41, 5.74) is 1.59. The summed E-state index contributed by atoms with van der Waals surface area (Å²) in [5.74, 6) is 3.88. The quantitative estimate of drug-likeness (QED) is 0.830. The second-order valence-corrected chi connectivity index (χ2v) is 6.68. The van der Waals surface area contributed by atoms with Crippen LogP contribution in [0.15, 0.2) is 0 Å². The fourth-order valence-corrected chi connectivity index (χ4v) is 2.59. The van der Waals surface area contributed by atoms with Crippen molar-refractivity contribution >= 4 is 11.6 Å². The van der Waals surface area contributed by atoms with Crippen LogP contribution in [0.3, 0.4) is 0 Å². The third-order valence-electron chi connectivity index (χ3n) is 4.64. The first-order chi connectivity index (χ1) is 9.39. The second kappa shape index (κ2) is 5.58. The minimum Gasteiger partial charge on any atom is -0.373 e. The molecule has 0 unspecified atom stereocenters. The van der Waals surface area contributed by atoms with Crippen molar-refractivity contribution in [1.29, 1.82) is 0 Å². The van der Waals surface area contributed by atoms with E-state index in [1.807, 2.05) is 7.05 Å². The van der Waals surface area contributed by atoms with Crippen molar-refractivity contribution in [2.75, 3.05) is 24.2 Å². The highest BCUT2D eigenvalue weighted by molar-refractivity contribution is 5.57. The highest BCUT2D eigenvalue weighted by atomic mass is 15.1. The molecule has 1 heterocycles. The topological polar surface area (TPSA) is 49.8 Å². The van der Waals surface area contributed by atoms with Crippen LogP contribution >= 0.6 is 0 Å². The SMILES string of the molecule is CNc1nc(C(C)C)nc(NCC2(C(C)C)CC2)c1C. The molecule has 1 saturated carbocycles. The van der Waals surface area contributed by atoms with Gasteiger partial charge in [0.1, 0.15) is 17.5 Å². The largest absolute Gasteiger partial charge is 0.373 e. The van der Waals surface area contributed by atoms with Gasteiger partial charge in [-0.3, -0.25) is 0 Å². The van der Waals surface area contributed by atoms with Crippen LogP contribution in [0.5, 0.6) is 0 Å². The van der Waals surface area contributed by atoms with E-state index in [0.717, 1.165) is 35.5 Å². The molecule has 2 rings (SSSR count). The van der Waals surface area contributed by atoms with Gasteiger partial charge in [0.2, 0.25) is 0 Å². The molecule has 1 aromatic heterocycles. The van der Waals surface area contributed by atoms with E-state index in [2.05, 4.69) is 50.2 Å². The van der Waals surface area contributed by atoms with Crippen LogP contribution in [0.4, 0.5) is 11.6 Å². The lowest BCUT2D eigenvalue weighted by molar-refractivity contribution is 0.379. The minimum absolute atomic E-state index is 0.336. The molecule has 0 bridgehead atoms. The molecule has 0 aliphatic heterocycles. The zero-order valence-corrected chi connectivity index (χ0v) is 13.7. The van der Waals surface area contributed by atoms with E-state index in [0.29, 0.717) is 11.3 Å². The number of hydrogen-bond acceptors (Lipinski definition) is 4. The van der Waals surface area contributed by atoms with Crippen molar-refractivity contribution in [1.82, 2.24) is 9.97 Å². The van der Waals surface area contributed by atoms with Crippen LogP contribution in [0.1, 0.15) is 57.8 Å². The molecular formula is C16H28N4. The third-order valence-corrected chi connectivity index (χ3v) is 4.64. The van der Waals surface area contributed by atoms with E-state index in [1.54, 1.807) is 0 Å². The molecule has 1 aliphatic carbocycles. The number of nitrogens with zero attached hydrogens (tertiary/aromatic N) is 2. The van der Waals surface area contributed by atoms with Crippen LogP contribution in [0.2, 0.25) is 0 Å². The lowest BCUT2D eigenvalue weighted by Crippen LogP contribution is -2.22. The molecule has 1 aliphatic rings. The normalized spacial score (nSPS) is 16.6. The molecular weight excluding hydrogens is 248 g/mol. The van der Waals surface area contributed by atoms with E-state index in [1.165, 1.54) is 12.8 Å². The molecule has 0 saturated heterocycles. The number of hydrogen-bond donors (Lipinski definition) is 2. The van der Waals surface area contributed by atoms with Crippen molar-refractivity contribution in [3.8, 4) is 0 Å². The molecule has 1 fully saturated rings. The summed E-state index contributed by atoms with van der Waals surface area (Å²) in [6.45, 7) is 12.0. The maximum Gasteiger partial charge on any atom is 0.135 e. The van der Waals surface area contributed by atoms with Crippen molar-refractivity contribution in [2.45, 2.75) is 53.4 Å². The summed E-state index contributed by atoms with van der Waals surface area (Å²) in [6, 6.07) is 0. The Kier molecular flexibility index (Phi) is 4.21. The fourth-order valence-electron chi connectivity index (χ4n) is 2.59. The maximum atomic E-state index is 4.71. The van der Waals surface area contributed by atoms with E-state index in [4.69, 9.17) is 4.98 Å². The predicted molar refractivity (Wildman–Crippen MR) is 85.4 cm³/mol. The van der Waals surface area contributed by atoms with E-state index in [-0.39, 0.29) is 0 Å². The fraction of sp³-hybridized carbons (Fsp3) is 0.750. The summed E-state index contributed by atoms with van der Waals surface area (Å²) < 4.78 is 0. The first-order valence-electron chi connectivity index (χ1n) is 7.70. The van der Waals surface area contributed by atoms with Crippen LogP contribution in [-0.4, -0.2) is 23.6 Å². The van der Waals surface area contributed by atoms with Crippen molar-refractivity contribution < 1.29 is 0 Å². The summed E-state index contributed by atoms with van der Waals surface area (Å²) in [4.78, 5) is 9.29. The molecule has 4 nitrogen and oxygen atoms in total. The summed E-state index contributed by atoms with van der Waals surface area (Å²) in [7, 11) is 1.92. The second-order valence-electron chi connectivity index (χ2n) is 6.68. The molecule has 20 heavy (non-hydrogen) atoms. The van der Waals surface area contributed by atoms with Gasteiger partial charge >= 0.3 is 0 Å². The minimum atomic E-state index is 0.336. The third kappa shape index (κ3) is 2.89. The van der Waals surface area contributed by atoms with Gasteiger partial charge < -0.3 is 10.6 Å². The lowest BCUT2D eigenvalue weighted by Gasteiger charge is -2.22. The van der Waals surface area contributed by atoms with Gasteiger partial charge in [0, 0.05) is 25.1 Å². The zero-order chi connectivity index (χ0) is 14.9. The van der Waals surface area contributed by atoms with Gasteiger partial charge in [-0.15, -0.1) is 0 Å². The zero-order valence-electron chi connectivity index (χ0n) is 13.7. The van der Waals surface area contributed by atoms with Crippen LogP contribution < -0.4 is 10.6 Å². The van der Waals surface area contributed by atoms with Gasteiger partial charge in [-0.1, -0.05) is 27.7 Å². The Balaban J connectivity index is 2.20. The monoisotopic (exact) mass is 276 g/mol. The number of rotatable bonds is 6. The molecule has 0 spiro atoms. The van der Waals surface area contributed by atoms with Gasteiger partial charge in [-0.05, 0) is 31.1 Å². The van der Waals surface area contributed by atoms with Crippen molar-refractivity contribution in [3.05, 3.63) is 11.4 Å². The Morgan fingerprint density at radius 1 is 1.10 bits per heavy atom. The van der Waals surface area contributed by atoms with E-state index in [9.17, 15) is 0 Å². The van der Waals surface area contributed by atoms with Gasteiger partial charge in [0.25, 0.3) is 0 Å². The standard InChI is InChI=1S/C16H28N4/c1-10(2)13-19-14(17-6)12(5)15(20-13)18-9-16(7-8-16)11(3)4/h10-11H,7-9H2,1-6H3,(H2,17,18,19,20). The first-order valence-corrected chi connectivity index (χ1v) is 7.70. The Morgan fingerprint density at radius 3 is 2.15 bits per heavy atom. The van der Waals surface area contributed by atoms with Gasteiger partial charge in [0.05, 0.1) is 0 Å². The van der Waals surface area contributed by atoms with Crippen LogP contribution in [0.25, 0.3) is 0 Å². The Morgan fingerprint density at radius 2 is 1.70 bits per heavy atom.